The minimum atomic E-state index is -5.12. The molecule has 1 aliphatic carbocycles. The van der Waals surface area contributed by atoms with Crippen molar-refractivity contribution in [2.45, 2.75) is 224 Å². The number of hydrogen-bond donors (Lipinski definition) is 6. The number of aliphatic hydroxyl groups is 5. The number of rotatable bonds is 36. The zero-order valence-electron chi connectivity index (χ0n) is 35.1. The maximum absolute atomic E-state index is 12.8. The third kappa shape index (κ3) is 26.9. The second kappa shape index (κ2) is 34.1. The summed E-state index contributed by atoms with van der Waals surface area (Å²) in [6.07, 6.45) is 22.4. The Balaban J connectivity index is 2.50. The van der Waals surface area contributed by atoms with Gasteiger partial charge in [0.2, 0.25) is 0 Å². The van der Waals surface area contributed by atoms with Crippen molar-refractivity contribution in [1.82, 2.24) is 0 Å². The maximum atomic E-state index is 12.8. The highest BCUT2D eigenvalue weighted by Gasteiger charge is 2.51. The Morgan fingerprint density at radius 1 is 0.526 bits per heavy atom. The van der Waals surface area contributed by atoms with Crippen LogP contribution in [-0.4, -0.2) is 98.3 Å². The summed E-state index contributed by atoms with van der Waals surface area (Å²) in [4.78, 5) is 35.6. The molecule has 0 bridgehead atoms. The molecular weight excluding hydrogens is 755 g/mol. The summed E-state index contributed by atoms with van der Waals surface area (Å²) < 4.78 is 33.4. The van der Waals surface area contributed by atoms with Crippen LogP contribution in [0.4, 0.5) is 0 Å². The number of carbonyl (C=O) groups is 2. The summed E-state index contributed by atoms with van der Waals surface area (Å²) >= 11 is 0. The first-order valence-corrected chi connectivity index (χ1v) is 23.6. The fourth-order valence-electron chi connectivity index (χ4n) is 6.63. The van der Waals surface area contributed by atoms with Crippen LogP contribution in [-0.2, 0) is 32.7 Å². The van der Waals surface area contributed by atoms with Crippen molar-refractivity contribution in [3.05, 3.63) is 24.3 Å². The van der Waals surface area contributed by atoms with Crippen LogP contribution in [0.1, 0.15) is 181 Å². The van der Waals surface area contributed by atoms with E-state index in [4.69, 9.17) is 18.5 Å². The molecular formula is C43H79O13P. The van der Waals surface area contributed by atoms with Crippen molar-refractivity contribution in [2.75, 3.05) is 13.2 Å². The Morgan fingerprint density at radius 2 is 0.895 bits per heavy atom. The molecule has 0 aromatic carbocycles. The molecule has 0 aromatic heterocycles. The average Bonchev–Trinajstić information content (AvgIpc) is 3.19. The predicted molar refractivity (Wildman–Crippen MR) is 221 cm³/mol. The quantitative estimate of drug-likeness (QED) is 0.0153. The van der Waals surface area contributed by atoms with Crippen LogP contribution in [0.15, 0.2) is 24.3 Å². The Kier molecular flexibility index (Phi) is 31.9. The first kappa shape index (κ1) is 53.3. The Hall–Kier alpha value is -1.67. The van der Waals surface area contributed by atoms with Gasteiger partial charge in [-0.05, 0) is 64.2 Å². The molecule has 334 valence electrons. The van der Waals surface area contributed by atoms with E-state index in [2.05, 4.69) is 38.2 Å². The van der Waals surface area contributed by atoms with E-state index in [-0.39, 0.29) is 12.8 Å². The molecule has 57 heavy (non-hydrogen) atoms. The molecule has 0 saturated heterocycles. The molecule has 13 nitrogen and oxygen atoms in total. The highest BCUT2D eigenvalue weighted by atomic mass is 31.2. The second-order valence-electron chi connectivity index (χ2n) is 15.5. The molecule has 1 fully saturated rings. The van der Waals surface area contributed by atoms with Gasteiger partial charge >= 0.3 is 19.8 Å². The smallest absolute Gasteiger partial charge is 0.462 e. The fourth-order valence-corrected chi connectivity index (χ4v) is 7.60. The van der Waals surface area contributed by atoms with Gasteiger partial charge in [-0.15, -0.1) is 0 Å². The van der Waals surface area contributed by atoms with Crippen LogP contribution < -0.4 is 0 Å². The second-order valence-corrected chi connectivity index (χ2v) is 16.9. The van der Waals surface area contributed by atoms with Crippen LogP contribution in [0, 0.1) is 0 Å². The Morgan fingerprint density at radius 3 is 1.35 bits per heavy atom. The van der Waals surface area contributed by atoms with E-state index in [0.717, 1.165) is 77.0 Å². The third-order valence-electron chi connectivity index (χ3n) is 10.3. The molecule has 1 saturated carbocycles. The van der Waals surface area contributed by atoms with Gasteiger partial charge in [-0.1, -0.05) is 128 Å². The SMILES string of the molecule is CCCCCCC=CCCCCCCCC(=O)OCC(COP(=O)(O)OC1C(O)C(O)C(O)C(O)C1O)OC(=O)CCCCCCCC=CCCCCCCCC. The van der Waals surface area contributed by atoms with Crippen molar-refractivity contribution < 1.29 is 63.1 Å². The van der Waals surface area contributed by atoms with Crippen LogP contribution >= 0.6 is 7.82 Å². The van der Waals surface area contributed by atoms with E-state index in [0.29, 0.717) is 12.8 Å². The van der Waals surface area contributed by atoms with Crippen molar-refractivity contribution >= 4 is 19.8 Å². The number of aliphatic hydroxyl groups excluding tert-OH is 5. The van der Waals surface area contributed by atoms with Gasteiger partial charge in [0.15, 0.2) is 6.10 Å². The van der Waals surface area contributed by atoms with Crippen molar-refractivity contribution in [3.8, 4) is 0 Å². The van der Waals surface area contributed by atoms with E-state index in [1.165, 1.54) is 64.2 Å². The molecule has 6 N–H and O–H groups in total. The van der Waals surface area contributed by atoms with Crippen LogP contribution in [0.25, 0.3) is 0 Å². The standard InChI is InChI=1S/C43H79O13P/c1-3-5-7-9-11-13-15-17-18-20-22-24-26-28-30-32-37(45)55-35(34-54-57(51,52)56-43-41(49)39(47)38(46)40(48)42(43)50)33-53-36(44)31-29-27-25-23-21-19-16-14-12-10-8-6-4-2/h14,16-18,35,38-43,46-50H,3-13,15,19-34H2,1-2H3,(H,51,52). The third-order valence-corrected chi connectivity index (χ3v) is 11.3. The first-order valence-electron chi connectivity index (χ1n) is 22.1. The molecule has 1 aliphatic rings. The lowest BCUT2D eigenvalue weighted by atomic mass is 9.85. The van der Waals surface area contributed by atoms with E-state index >= 15 is 0 Å². The normalized spacial score (nSPS) is 22.9. The van der Waals surface area contributed by atoms with E-state index in [9.17, 15) is 44.6 Å². The van der Waals surface area contributed by atoms with Gasteiger partial charge in [0.25, 0.3) is 0 Å². The summed E-state index contributed by atoms with van der Waals surface area (Å²) in [5, 5.41) is 50.1. The van der Waals surface area contributed by atoms with Crippen molar-refractivity contribution in [3.63, 3.8) is 0 Å². The molecule has 6 unspecified atom stereocenters. The van der Waals surface area contributed by atoms with E-state index in [1.807, 2.05) is 0 Å². The summed E-state index contributed by atoms with van der Waals surface area (Å²) in [6.45, 7) is 3.25. The molecule has 0 aliphatic heterocycles. The largest absolute Gasteiger partial charge is 0.472 e. The first-order chi connectivity index (χ1) is 27.4. The highest BCUT2D eigenvalue weighted by molar-refractivity contribution is 7.47. The summed E-state index contributed by atoms with van der Waals surface area (Å²) in [7, 11) is -5.12. The molecule has 1 rings (SSSR count). The molecule has 0 spiro atoms. The minimum Gasteiger partial charge on any atom is -0.462 e. The van der Waals surface area contributed by atoms with Gasteiger partial charge in [0, 0.05) is 12.8 Å². The topological polar surface area (TPSA) is 210 Å². The number of phosphoric acid groups is 1. The lowest BCUT2D eigenvalue weighted by molar-refractivity contribution is -0.220. The number of hydrogen-bond acceptors (Lipinski definition) is 12. The number of ether oxygens (including phenoxy) is 2. The van der Waals surface area contributed by atoms with Gasteiger partial charge in [-0.2, -0.15) is 0 Å². The summed E-state index contributed by atoms with van der Waals surface area (Å²) in [5.41, 5.74) is 0. The summed E-state index contributed by atoms with van der Waals surface area (Å²) in [5.74, 6) is -1.12. The number of phosphoric ester groups is 1. The molecule has 0 aromatic rings. The van der Waals surface area contributed by atoms with Crippen molar-refractivity contribution in [2.24, 2.45) is 0 Å². The lowest BCUT2D eigenvalue weighted by Gasteiger charge is -2.41. The Labute approximate surface area is 343 Å². The van der Waals surface area contributed by atoms with Crippen LogP contribution in [0.3, 0.4) is 0 Å². The molecule has 0 heterocycles. The average molecular weight is 835 g/mol. The van der Waals surface area contributed by atoms with Gasteiger partial charge in [-0.25, -0.2) is 4.57 Å². The fraction of sp³-hybridized carbons (Fsp3) is 0.860. The van der Waals surface area contributed by atoms with Gasteiger partial charge in [0.05, 0.1) is 6.61 Å². The molecule has 0 radical (unpaired) electrons. The molecule has 0 amide bonds. The zero-order valence-corrected chi connectivity index (χ0v) is 36.0. The monoisotopic (exact) mass is 835 g/mol. The van der Waals surface area contributed by atoms with Gasteiger partial charge < -0.3 is 39.9 Å². The van der Waals surface area contributed by atoms with E-state index < -0.39 is 75.7 Å². The number of esters is 2. The number of allylic oxidation sites excluding steroid dienone is 4. The van der Waals surface area contributed by atoms with Gasteiger partial charge in [0.1, 0.15) is 43.2 Å². The highest BCUT2D eigenvalue weighted by Crippen LogP contribution is 2.47. The van der Waals surface area contributed by atoms with E-state index in [1.54, 1.807) is 0 Å². The van der Waals surface area contributed by atoms with Gasteiger partial charge in [-0.3, -0.25) is 18.6 Å². The summed E-state index contributed by atoms with van der Waals surface area (Å²) in [6, 6.07) is 0. The number of unbranched alkanes of at least 4 members (excludes halogenated alkanes) is 20. The number of carbonyl (C=O) groups excluding carboxylic acids is 2. The Bertz CT molecular complexity index is 1100. The zero-order chi connectivity index (χ0) is 42.2. The molecule has 14 heteroatoms. The maximum Gasteiger partial charge on any atom is 0.472 e. The predicted octanol–water partition coefficient (Wildman–Crippen LogP) is 8.06. The van der Waals surface area contributed by atoms with Crippen molar-refractivity contribution in [1.29, 1.82) is 0 Å². The lowest BCUT2D eigenvalue weighted by Crippen LogP contribution is -2.64. The minimum absolute atomic E-state index is 0.0865. The van der Waals surface area contributed by atoms with Crippen LogP contribution in [0.5, 0.6) is 0 Å². The molecule has 6 atom stereocenters. The van der Waals surface area contributed by atoms with Crippen LogP contribution in [0.2, 0.25) is 0 Å².